The Kier molecular flexibility index (Phi) is 9.78. The average molecular weight is 572 g/mol. The van der Waals surface area contributed by atoms with Crippen LogP contribution in [0.5, 0.6) is 0 Å². The van der Waals surface area contributed by atoms with E-state index in [4.69, 9.17) is 4.99 Å². The summed E-state index contributed by atoms with van der Waals surface area (Å²) in [5, 5.41) is 6.85. The molecule has 0 aromatic heterocycles. The van der Waals surface area contributed by atoms with Crippen molar-refractivity contribution in [1.82, 2.24) is 14.9 Å². The Labute approximate surface area is 209 Å². The molecule has 176 valence electrons. The number of nitrogens with one attached hydrogen (secondary N) is 2. The molecule has 1 saturated heterocycles. The molecule has 32 heavy (non-hydrogen) atoms. The Balaban J connectivity index is 0.00000363. The predicted molar refractivity (Wildman–Crippen MR) is 142 cm³/mol. The summed E-state index contributed by atoms with van der Waals surface area (Å²) in [6.45, 7) is 7.36. The number of rotatable bonds is 7. The molecule has 0 aliphatic carbocycles. The highest BCUT2D eigenvalue weighted by Gasteiger charge is 2.23. The Morgan fingerprint density at radius 2 is 1.78 bits per heavy atom. The number of aliphatic imine (C=N–C) groups is 1. The highest BCUT2D eigenvalue weighted by molar-refractivity contribution is 14.0. The van der Waals surface area contributed by atoms with Gasteiger partial charge in [-0.3, -0.25) is 0 Å². The maximum absolute atomic E-state index is 12.2. The van der Waals surface area contributed by atoms with Crippen LogP contribution in [-0.2, 0) is 16.6 Å². The minimum Gasteiger partial charge on any atom is -0.369 e. The van der Waals surface area contributed by atoms with E-state index in [9.17, 15) is 8.42 Å². The summed E-state index contributed by atoms with van der Waals surface area (Å²) in [5.74, 6) is 0.781. The zero-order chi connectivity index (χ0) is 22.4. The van der Waals surface area contributed by atoms with Crippen molar-refractivity contribution in [3.05, 3.63) is 59.7 Å². The molecule has 0 radical (unpaired) electrons. The van der Waals surface area contributed by atoms with Gasteiger partial charge in [-0.25, -0.2) is 17.7 Å². The molecule has 1 aliphatic rings. The average Bonchev–Trinajstić information content (AvgIpc) is 3.21. The third-order valence-corrected chi connectivity index (χ3v) is 7.22. The van der Waals surface area contributed by atoms with Crippen molar-refractivity contribution >= 4 is 45.6 Å². The van der Waals surface area contributed by atoms with Gasteiger partial charge in [0.2, 0.25) is 10.0 Å². The van der Waals surface area contributed by atoms with Crippen molar-refractivity contribution in [2.75, 3.05) is 38.6 Å². The Bertz CT molecular complexity index is 992. The van der Waals surface area contributed by atoms with E-state index in [2.05, 4.69) is 46.7 Å². The minimum atomic E-state index is -3.41. The van der Waals surface area contributed by atoms with Crippen molar-refractivity contribution in [3.63, 3.8) is 0 Å². The maximum atomic E-state index is 12.2. The number of aryl methyl sites for hydroxylation is 1. The van der Waals surface area contributed by atoms with Crippen molar-refractivity contribution < 1.29 is 8.42 Å². The third-order valence-electron chi connectivity index (χ3n) is 5.39. The highest BCUT2D eigenvalue weighted by Crippen LogP contribution is 2.21. The van der Waals surface area contributed by atoms with Crippen LogP contribution < -0.4 is 15.5 Å². The number of hydrogen-bond acceptors (Lipinski definition) is 4. The van der Waals surface area contributed by atoms with E-state index in [1.807, 2.05) is 19.1 Å². The number of nitrogens with zero attached hydrogens (tertiary/aromatic N) is 3. The molecule has 1 heterocycles. The van der Waals surface area contributed by atoms with Crippen LogP contribution in [0.2, 0.25) is 0 Å². The van der Waals surface area contributed by atoms with Crippen molar-refractivity contribution in [2.45, 2.75) is 37.8 Å². The first-order chi connectivity index (χ1) is 14.8. The predicted octanol–water partition coefficient (Wildman–Crippen LogP) is 3.20. The van der Waals surface area contributed by atoms with Gasteiger partial charge in [-0.15, -0.1) is 24.0 Å². The number of anilines is 1. The van der Waals surface area contributed by atoms with E-state index in [1.54, 1.807) is 12.1 Å². The van der Waals surface area contributed by atoms with Crippen molar-refractivity contribution in [2.24, 2.45) is 4.99 Å². The van der Waals surface area contributed by atoms with Crippen molar-refractivity contribution in [1.29, 1.82) is 0 Å². The first kappa shape index (κ1) is 26.4. The lowest BCUT2D eigenvalue weighted by molar-refractivity contribution is 0.520. The van der Waals surface area contributed by atoms with Gasteiger partial charge in [-0.2, -0.15) is 0 Å². The van der Waals surface area contributed by atoms with E-state index in [0.29, 0.717) is 12.6 Å². The Morgan fingerprint density at radius 1 is 1.12 bits per heavy atom. The van der Waals surface area contributed by atoms with E-state index in [-0.39, 0.29) is 28.9 Å². The highest BCUT2D eigenvalue weighted by atomic mass is 127. The molecule has 1 unspecified atom stereocenters. The summed E-state index contributed by atoms with van der Waals surface area (Å²) in [5.41, 5.74) is 3.48. The quantitative estimate of drug-likeness (QED) is 0.304. The summed E-state index contributed by atoms with van der Waals surface area (Å²) in [6, 6.07) is 15.9. The monoisotopic (exact) mass is 571 g/mol. The largest absolute Gasteiger partial charge is 0.369 e. The molecule has 2 N–H and O–H groups in total. The molecule has 2 aromatic carbocycles. The van der Waals surface area contributed by atoms with Crippen molar-refractivity contribution in [3.8, 4) is 0 Å². The molecule has 1 fully saturated rings. The fraction of sp³-hybridized carbons (Fsp3) is 0.435. The van der Waals surface area contributed by atoms with Gasteiger partial charge in [-0.05, 0) is 50.1 Å². The molecular formula is C23H34IN5O2S. The number of benzene rings is 2. The lowest BCUT2D eigenvalue weighted by Crippen LogP contribution is -2.44. The zero-order valence-corrected chi connectivity index (χ0v) is 22.4. The van der Waals surface area contributed by atoms with Crippen LogP contribution in [-0.4, -0.2) is 58.5 Å². The lowest BCUT2D eigenvalue weighted by Gasteiger charge is -2.20. The van der Waals surface area contributed by atoms with Crippen LogP contribution in [0.3, 0.4) is 0 Å². The van der Waals surface area contributed by atoms with Crippen LogP contribution in [0.1, 0.15) is 24.5 Å². The topological polar surface area (TPSA) is 77.0 Å². The molecule has 0 spiro atoms. The fourth-order valence-corrected chi connectivity index (χ4v) is 4.43. The molecule has 0 bridgehead atoms. The molecule has 0 saturated carbocycles. The number of hydrogen-bond donors (Lipinski definition) is 2. The lowest BCUT2D eigenvalue weighted by atomic mass is 10.2. The normalized spacial score (nSPS) is 16.7. The second-order valence-electron chi connectivity index (χ2n) is 8.04. The number of sulfonamides is 1. The number of halogens is 1. The van der Waals surface area contributed by atoms with E-state index < -0.39 is 10.0 Å². The van der Waals surface area contributed by atoms with Gasteiger partial charge in [0.05, 0.1) is 11.4 Å². The van der Waals surface area contributed by atoms with Gasteiger partial charge in [0.25, 0.3) is 0 Å². The van der Waals surface area contributed by atoms with Crippen LogP contribution in [0.15, 0.2) is 58.4 Å². The standard InChI is InChI=1S/C23H33N5O2S.HI/c1-5-24-23(25-16-19-8-12-22(13-9-19)31(29,30)27(3)4)26-20-14-15-28(17-20)21-10-6-18(2)7-11-21;/h6-13,20H,5,14-17H2,1-4H3,(H2,24,25,26);1H. The smallest absolute Gasteiger partial charge is 0.242 e. The van der Waals surface area contributed by atoms with Crippen LogP contribution in [0.25, 0.3) is 0 Å². The molecule has 7 nitrogen and oxygen atoms in total. The molecule has 0 amide bonds. The van der Waals surface area contributed by atoms with Gasteiger partial charge >= 0.3 is 0 Å². The molecule has 1 aliphatic heterocycles. The van der Waals surface area contributed by atoms with Gasteiger partial charge in [-0.1, -0.05) is 29.8 Å². The van der Waals surface area contributed by atoms with Crippen LogP contribution in [0.4, 0.5) is 5.69 Å². The summed E-state index contributed by atoms with van der Waals surface area (Å²) < 4.78 is 25.6. The molecule has 9 heteroatoms. The van der Waals surface area contributed by atoms with Crippen LogP contribution in [0, 0.1) is 6.92 Å². The first-order valence-corrected chi connectivity index (χ1v) is 12.1. The van der Waals surface area contributed by atoms with Crippen LogP contribution >= 0.6 is 24.0 Å². The minimum absolute atomic E-state index is 0. The van der Waals surface area contributed by atoms with E-state index in [0.717, 1.165) is 37.6 Å². The van der Waals surface area contributed by atoms with E-state index in [1.165, 1.54) is 29.7 Å². The zero-order valence-electron chi connectivity index (χ0n) is 19.2. The summed E-state index contributed by atoms with van der Waals surface area (Å²) in [4.78, 5) is 7.38. The second kappa shape index (κ2) is 11.9. The van der Waals surface area contributed by atoms with E-state index >= 15 is 0 Å². The Morgan fingerprint density at radius 3 is 2.38 bits per heavy atom. The number of guanidine groups is 1. The fourth-order valence-electron chi connectivity index (χ4n) is 3.53. The maximum Gasteiger partial charge on any atom is 0.242 e. The summed E-state index contributed by atoms with van der Waals surface area (Å²) in [7, 11) is -0.346. The Hall–Kier alpha value is -1.85. The van der Waals surface area contributed by atoms with Gasteiger partial charge < -0.3 is 15.5 Å². The molecular weight excluding hydrogens is 537 g/mol. The first-order valence-electron chi connectivity index (χ1n) is 10.7. The van der Waals surface area contributed by atoms with Gasteiger partial charge in [0.15, 0.2) is 5.96 Å². The van der Waals surface area contributed by atoms with Gasteiger partial charge in [0, 0.05) is 45.5 Å². The summed E-state index contributed by atoms with van der Waals surface area (Å²) >= 11 is 0. The SMILES string of the molecule is CCNC(=NCc1ccc(S(=O)(=O)N(C)C)cc1)NC1CCN(c2ccc(C)cc2)C1.I. The third kappa shape index (κ3) is 6.82. The molecule has 3 rings (SSSR count). The second-order valence-corrected chi connectivity index (χ2v) is 10.2. The molecule has 1 atom stereocenters. The van der Waals surface area contributed by atoms with Gasteiger partial charge in [0.1, 0.15) is 0 Å². The molecule has 2 aromatic rings. The summed E-state index contributed by atoms with van der Waals surface area (Å²) in [6.07, 6.45) is 1.05.